The Bertz CT molecular complexity index is 425. The highest BCUT2D eigenvalue weighted by molar-refractivity contribution is 6.31. The van der Waals surface area contributed by atoms with Crippen molar-refractivity contribution in [2.45, 2.75) is 53.0 Å². The zero-order valence-corrected chi connectivity index (χ0v) is 13.4. The Labute approximate surface area is 121 Å². The standard InChI is InChI=1S/C16H25ClFN/c1-6-16(5,11-19-15(2,3)4)10-12-7-8-13(18)9-14(12)17/h7-9,19H,6,10-11H2,1-5H3. The Morgan fingerprint density at radius 1 is 1.21 bits per heavy atom. The average Bonchev–Trinajstić information content (AvgIpc) is 2.30. The minimum atomic E-state index is -0.278. The highest BCUT2D eigenvalue weighted by Gasteiger charge is 2.25. The van der Waals surface area contributed by atoms with Crippen LogP contribution in [0, 0.1) is 11.2 Å². The van der Waals surface area contributed by atoms with Crippen LogP contribution in [0.4, 0.5) is 4.39 Å². The van der Waals surface area contributed by atoms with Gasteiger partial charge in [-0.15, -0.1) is 0 Å². The van der Waals surface area contributed by atoms with E-state index in [0.717, 1.165) is 24.9 Å². The molecule has 0 aromatic heterocycles. The molecule has 3 heteroatoms. The van der Waals surface area contributed by atoms with Crippen molar-refractivity contribution in [2.75, 3.05) is 6.54 Å². The third-order valence-electron chi connectivity index (χ3n) is 3.53. The van der Waals surface area contributed by atoms with Crippen LogP contribution in [0.5, 0.6) is 0 Å². The number of nitrogens with one attached hydrogen (secondary N) is 1. The van der Waals surface area contributed by atoms with Gasteiger partial charge in [0.1, 0.15) is 5.82 Å². The van der Waals surface area contributed by atoms with Gasteiger partial charge in [0, 0.05) is 17.1 Å². The summed E-state index contributed by atoms with van der Waals surface area (Å²) in [6, 6.07) is 4.67. The molecule has 0 radical (unpaired) electrons. The summed E-state index contributed by atoms with van der Waals surface area (Å²) in [5.41, 5.74) is 1.24. The molecule has 1 N–H and O–H groups in total. The van der Waals surface area contributed by atoms with Gasteiger partial charge in [0.2, 0.25) is 0 Å². The highest BCUT2D eigenvalue weighted by atomic mass is 35.5. The monoisotopic (exact) mass is 285 g/mol. The fourth-order valence-electron chi connectivity index (χ4n) is 1.92. The van der Waals surface area contributed by atoms with Crippen molar-refractivity contribution in [1.82, 2.24) is 5.32 Å². The molecule has 0 spiro atoms. The van der Waals surface area contributed by atoms with Crippen molar-refractivity contribution < 1.29 is 4.39 Å². The molecule has 1 unspecified atom stereocenters. The van der Waals surface area contributed by atoms with Crippen molar-refractivity contribution in [3.8, 4) is 0 Å². The number of rotatable bonds is 5. The topological polar surface area (TPSA) is 12.0 Å². The SMILES string of the molecule is CCC(C)(CNC(C)(C)C)Cc1ccc(F)cc1Cl. The van der Waals surface area contributed by atoms with Crippen molar-refractivity contribution in [2.24, 2.45) is 5.41 Å². The summed E-state index contributed by atoms with van der Waals surface area (Å²) in [7, 11) is 0. The third kappa shape index (κ3) is 5.50. The Kier molecular flexibility index (Phi) is 5.40. The highest BCUT2D eigenvalue weighted by Crippen LogP contribution is 2.30. The van der Waals surface area contributed by atoms with Gasteiger partial charge >= 0.3 is 0 Å². The summed E-state index contributed by atoms with van der Waals surface area (Å²) in [6.07, 6.45) is 1.90. The maximum absolute atomic E-state index is 13.1. The van der Waals surface area contributed by atoms with Gasteiger partial charge in [-0.05, 0) is 56.7 Å². The second-order valence-corrected chi connectivity index (χ2v) is 7.09. The summed E-state index contributed by atoms with van der Waals surface area (Å²) in [6.45, 7) is 11.8. The van der Waals surface area contributed by atoms with Crippen LogP contribution in [0.1, 0.15) is 46.6 Å². The first kappa shape index (κ1) is 16.5. The Hall–Kier alpha value is -0.600. The quantitative estimate of drug-likeness (QED) is 0.817. The number of benzene rings is 1. The first-order valence-electron chi connectivity index (χ1n) is 6.84. The summed E-state index contributed by atoms with van der Waals surface area (Å²) < 4.78 is 13.1. The van der Waals surface area contributed by atoms with Gasteiger partial charge in [-0.25, -0.2) is 4.39 Å². The predicted octanol–water partition coefficient (Wildman–Crippen LogP) is 4.83. The van der Waals surface area contributed by atoms with E-state index in [1.165, 1.54) is 12.1 Å². The van der Waals surface area contributed by atoms with Crippen molar-refractivity contribution >= 4 is 11.6 Å². The van der Waals surface area contributed by atoms with Crippen LogP contribution in [-0.4, -0.2) is 12.1 Å². The molecular formula is C16H25ClFN. The predicted molar refractivity (Wildman–Crippen MR) is 81.3 cm³/mol. The van der Waals surface area contributed by atoms with Gasteiger partial charge in [0.25, 0.3) is 0 Å². The molecular weight excluding hydrogens is 261 g/mol. The summed E-state index contributed by atoms with van der Waals surface area (Å²) in [5.74, 6) is -0.278. The van der Waals surface area contributed by atoms with E-state index in [-0.39, 0.29) is 16.8 Å². The second kappa shape index (κ2) is 6.23. The van der Waals surface area contributed by atoms with E-state index in [4.69, 9.17) is 11.6 Å². The lowest BCUT2D eigenvalue weighted by Gasteiger charge is -2.33. The molecule has 0 bridgehead atoms. The van der Waals surface area contributed by atoms with Crippen LogP contribution in [-0.2, 0) is 6.42 Å². The second-order valence-electron chi connectivity index (χ2n) is 6.68. The molecule has 108 valence electrons. The Morgan fingerprint density at radius 3 is 2.32 bits per heavy atom. The normalized spacial score (nSPS) is 15.3. The Balaban J connectivity index is 2.80. The Morgan fingerprint density at radius 2 is 1.84 bits per heavy atom. The van der Waals surface area contributed by atoms with E-state index < -0.39 is 0 Å². The maximum Gasteiger partial charge on any atom is 0.124 e. The van der Waals surface area contributed by atoms with Gasteiger partial charge in [0.05, 0.1) is 0 Å². The van der Waals surface area contributed by atoms with Crippen LogP contribution < -0.4 is 5.32 Å². The van der Waals surface area contributed by atoms with E-state index in [9.17, 15) is 4.39 Å². The van der Waals surface area contributed by atoms with Gasteiger partial charge in [0.15, 0.2) is 0 Å². The van der Waals surface area contributed by atoms with Gasteiger partial charge in [-0.3, -0.25) is 0 Å². The average molecular weight is 286 g/mol. The molecule has 0 saturated carbocycles. The molecule has 0 aliphatic rings. The minimum absolute atomic E-state index is 0.100. The van der Waals surface area contributed by atoms with E-state index in [1.807, 2.05) is 0 Å². The zero-order valence-electron chi connectivity index (χ0n) is 12.6. The molecule has 1 aromatic rings. The molecule has 1 atom stereocenters. The van der Waals surface area contributed by atoms with Crippen molar-refractivity contribution in [3.05, 3.63) is 34.6 Å². The van der Waals surface area contributed by atoms with E-state index in [2.05, 4.69) is 39.9 Å². The maximum atomic E-state index is 13.1. The molecule has 0 aliphatic carbocycles. The lowest BCUT2D eigenvalue weighted by atomic mass is 9.80. The molecule has 1 rings (SSSR count). The molecule has 0 heterocycles. The van der Waals surface area contributed by atoms with Gasteiger partial charge < -0.3 is 5.32 Å². The summed E-state index contributed by atoms with van der Waals surface area (Å²) in [4.78, 5) is 0. The largest absolute Gasteiger partial charge is 0.312 e. The van der Waals surface area contributed by atoms with E-state index in [1.54, 1.807) is 6.07 Å². The summed E-state index contributed by atoms with van der Waals surface area (Å²) >= 11 is 6.12. The minimum Gasteiger partial charge on any atom is -0.312 e. The lowest BCUT2D eigenvalue weighted by Crippen LogP contribution is -2.43. The molecule has 0 aliphatic heterocycles. The molecule has 0 amide bonds. The number of hydrogen-bond donors (Lipinski definition) is 1. The zero-order chi connectivity index (χ0) is 14.7. The van der Waals surface area contributed by atoms with E-state index >= 15 is 0 Å². The van der Waals surface area contributed by atoms with Crippen LogP contribution >= 0.6 is 11.6 Å². The smallest absolute Gasteiger partial charge is 0.124 e. The molecule has 1 aromatic carbocycles. The molecule has 19 heavy (non-hydrogen) atoms. The van der Waals surface area contributed by atoms with Gasteiger partial charge in [-0.2, -0.15) is 0 Å². The first-order chi connectivity index (χ1) is 8.65. The lowest BCUT2D eigenvalue weighted by molar-refractivity contribution is 0.255. The molecule has 0 saturated heterocycles. The van der Waals surface area contributed by atoms with Crippen molar-refractivity contribution in [1.29, 1.82) is 0 Å². The molecule has 0 fully saturated rings. The molecule has 1 nitrogen and oxygen atoms in total. The van der Waals surface area contributed by atoms with Crippen molar-refractivity contribution in [3.63, 3.8) is 0 Å². The van der Waals surface area contributed by atoms with Crippen LogP contribution in [0.25, 0.3) is 0 Å². The fourth-order valence-corrected chi connectivity index (χ4v) is 2.15. The van der Waals surface area contributed by atoms with Crippen LogP contribution in [0.3, 0.4) is 0 Å². The number of hydrogen-bond acceptors (Lipinski definition) is 1. The third-order valence-corrected chi connectivity index (χ3v) is 3.88. The fraction of sp³-hybridized carbons (Fsp3) is 0.625. The number of halogens is 2. The van der Waals surface area contributed by atoms with Crippen LogP contribution in [0.15, 0.2) is 18.2 Å². The van der Waals surface area contributed by atoms with Gasteiger partial charge in [-0.1, -0.05) is 31.5 Å². The first-order valence-corrected chi connectivity index (χ1v) is 7.22. The van der Waals surface area contributed by atoms with Crippen LogP contribution in [0.2, 0.25) is 5.02 Å². The summed E-state index contributed by atoms with van der Waals surface area (Å²) in [5, 5.41) is 4.07. The van der Waals surface area contributed by atoms with E-state index in [0.29, 0.717) is 5.02 Å².